The van der Waals surface area contributed by atoms with Gasteiger partial charge in [0.2, 0.25) is 0 Å². The average molecular weight is 218 g/mol. The fourth-order valence-electron chi connectivity index (χ4n) is 1.52. The summed E-state index contributed by atoms with van der Waals surface area (Å²) in [5.74, 6) is 0.851. The molecule has 0 spiro atoms. The highest BCUT2D eigenvalue weighted by atomic mass is 16.5. The SMILES string of the molecule is CCNC(C#N)COc1ccc(C)cc1C. The number of likely N-dealkylation sites (N-methyl/N-ethyl adjacent to an activating group) is 1. The van der Waals surface area contributed by atoms with Gasteiger partial charge in [-0.05, 0) is 32.0 Å². The Hall–Kier alpha value is -1.53. The summed E-state index contributed by atoms with van der Waals surface area (Å²) in [4.78, 5) is 0. The van der Waals surface area contributed by atoms with Crippen molar-refractivity contribution in [3.63, 3.8) is 0 Å². The van der Waals surface area contributed by atoms with E-state index >= 15 is 0 Å². The number of nitriles is 1. The van der Waals surface area contributed by atoms with Crippen molar-refractivity contribution in [3.05, 3.63) is 29.3 Å². The summed E-state index contributed by atoms with van der Waals surface area (Å²) in [6.07, 6.45) is 0. The van der Waals surface area contributed by atoms with Crippen molar-refractivity contribution in [2.75, 3.05) is 13.2 Å². The summed E-state index contributed by atoms with van der Waals surface area (Å²) < 4.78 is 5.61. The number of rotatable bonds is 5. The van der Waals surface area contributed by atoms with Gasteiger partial charge in [-0.3, -0.25) is 5.32 Å². The highest BCUT2D eigenvalue weighted by Crippen LogP contribution is 2.18. The van der Waals surface area contributed by atoms with E-state index in [9.17, 15) is 0 Å². The van der Waals surface area contributed by atoms with Crippen molar-refractivity contribution in [3.8, 4) is 11.8 Å². The van der Waals surface area contributed by atoms with Crippen molar-refractivity contribution in [1.82, 2.24) is 5.32 Å². The third-order valence-electron chi connectivity index (χ3n) is 2.34. The molecular formula is C13H18N2O. The lowest BCUT2D eigenvalue weighted by Gasteiger charge is -2.13. The average Bonchev–Trinajstić information content (AvgIpc) is 2.26. The predicted molar refractivity (Wildman–Crippen MR) is 64.5 cm³/mol. The molecule has 0 bridgehead atoms. The van der Waals surface area contributed by atoms with E-state index in [0.29, 0.717) is 6.61 Å². The van der Waals surface area contributed by atoms with E-state index in [0.717, 1.165) is 17.9 Å². The van der Waals surface area contributed by atoms with Crippen LogP contribution in [-0.4, -0.2) is 19.2 Å². The van der Waals surface area contributed by atoms with Gasteiger partial charge in [-0.2, -0.15) is 5.26 Å². The lowest BCUT2D eigenvalue weighted by Crippen LogP contribution is -2.33. The van der Waals surface area contributed by atoms with E-state index in [-0.39, 0.29) is 6.04 Å². The van der Waals surface area contributed by atoms with Gasteiger partial charge in [0, 0.05) is 0 Å². The van der Waals surface area contributed by atoms with Gasteiger partial charge in [0.25, 0.3) is 0 Å². The highest BCUT2D eigenvalue weighted by molar-refractivity contribution is 5.35. The molecule has 0 aromatic heterocycles. The largest absolute Gasteiger partial charge is 0.491 e. The smallest absolute Gasteiger partial charge is 0.130 e. The van der Waals surface area contributed by atoms with Crippen LogP contribution in [0.3, 0.4) is 0 Å². The molecule has 1 aromatic carbocycles. The minimum Gasteiger partial charge on any atom is -0.491 e. The van der Waals surface area contributed by atoms with Crippen LogP contribution >= 0.6 is 0 Å². The summed E-state index contributed by atoms with van der Waals surface area (Å²) in [6, 6.07) is 7.96. The molecule has 3 nitrogen and oxygen atoms in total. The Morgan fingerprint density at radius 2 is 2.19 bits per heavy atom. The molecule has 1 rings (SSSR count). The monoisotopic (exact) mass is 218 g/mol. The van der Waals surface area contributed by atoms with Gasteiger partial charge in [0.1, 0.15) is 18.4 Å². The van der Waals surface area contributed by atoms with E-state index in [1.54, 1.807) is 0 Å². The molecule has 0 saturated heterocycles. The maximum absolute atomic E-state index is 8.86. The third-order valence-corrected chi connectivity index (χ3v) is 2.34. The molecule has 1 aromatic rings. The zero-order valence-electron chi connectivity index (χ0n) is 10.1. The topological polar surface area (TPSA) is 45.0 Å². The zero-order valence-corrected chi connectivity index (χ0v) is 10.1. The van der Waals surface area contributed by atoms with Crippen LogP contribution in [0.25, 0.3) is 0 Å². The number of benzene rings is 1. The second-order valence-corrected chi connectivity index (χ2v) is 3.82. The van der Waals surface area contributed by atoms with Crippen molar-refractivity contribution in [2.45, 2.75) is 26.8 Å². The van der Waals surface area contributed by atoms with E-state index < -0.39 is 0 Å². The molecule has 86 valence electrons. The molecule has 1 unspecified atom stereocenters. The number of nitrogens with zero attached hydrogens (tertiary/aromatic N) is 1. The van der Waals surface area contributed by atoms with Crippen LogP contribution in [0.5, 0.6) is 5.75 Å². The van der Waals surface area contributed by atoms with Crippen LogP contribution in [0.2, 0.25) is 0 Å². The molecular weight excluding hydrogens is 200 g/mol. The summed E-state index contributed by atoms with van der Waals surface area (Å²) in [7, 11) is 0. The summed E-state index contributed by atoms with van der Waals surface area (Å²) in [5, 5.41) is 11.9. The fourth-order valence-corrected chi connectivity index (χ4v) is 1.52. The Morgan fingerprint density at radius 1 is 1.44 bits per heavy atom. The first-order valence-electron chi connectivity index (χ1n) is 5.50. The van der Waals surface area contributed by atoms with Crippen molar-refractivity contribution < 1.29 is 4.74 Å². The molecule has 0 aliphatic rings. The number of aryl methyl sites for hydroxylation is 2. The number of hydrogen-bond acceptors (Lipinski definition) is 3. The zero-order chi connectivity index (χ0) is 12.0. The quantitative estimate of drug-likeness (QED) is 0.824. The molecule has 0 amide bonds. The van der Waals surface area contributed by atoms with Gasteiger partial charge in [-0.1, -0.05) is 24.6 Å². The number of ether oxygens (including phenoxy) is 1. The molecule has 1 N–H and O–H groups in total. The van der Waals surface area contributed by atoms with Gasteiger partial charge in [0.05, 0.1) is 6.07 Å². The maximum atomic E-state index is 8.86. The Morgan fingerprint density at radius 3 is 2.75 bits per heavy atom. The summed E-state index contributed by atoms with van der Waals surface area (Å²) in [6.45, 7) is 7.19. The Balaban J connectivity index is 2.57. The lowest BCUT2D eigenvalue weighted by molar-refractivity contribution is 0.289. The maximum Gasteiger partial charge on any atom is 0.130 e. The standard InChI is InChI=1S/C13H18N2O/c1-4-15-12(8-14)9-16-13-6-5-10(2)7-11(13)3/h5-7,12,15H,4,9H2,1-3H3. The predicted octanol–water partition coefficient (Wildman–Crippen LogP) is 2.18. The summed E-state index contributed by atoms with van der Waals surface area (Å²) >= 11 is 0. The molecule has 0 heterocycles. The van der Waals surface area contributed by atoms with Gasteiger partial charge in [0.15, 0.2) is 0 Å². The fraction of sp³-hybridized carbons (Fsp3) is 0.462. The molecule has 0 fully saturated rings. The molecule has 0 aliphatic heterocycles. The first kappa shape index (κ1) is 12.5. The molecule has 1 atom stereocenters. The van der Waals surface area contributed by atoms with Gasteiger partial charge in [-0.25, -0.2) is 0 Å². The molecule has 0 radical (unpaired) electrons. The second kappa shape index (κ2) is 6.14. The first-order chi connectivity index (χ1) is 7.67. The van der Waals surface area contributed by atoms with E-state index in [1.165, 1.54) is 5.56 Å². The molecule has 16 heavy (non-hydrogen) atoms. The highest BCUT2D eigenvalue weighted by Gasteiger charge is 2.07. The van der Waals surface area contributed by atoms with Crippen LogP contribution in [0.15, 0.2) is 18.2 Å². The van der Waals surface area contributed by atoms with E-state index in [4.69, 9.17) is 10.00 Å². The molecule has 0 aliphatic carbocycles. The van der Waals surface area contributed by atoms with E-state index in [2.05, 4.69) is 17.5 Å². The van der Waals surface area contributed by atoms with Crippen LogP contribution < -0.4 is 10.1 Å². The van der Waals surface area contributed by atoms with Gasteiger partial charge < -0.3 is 4.74 Å². The first-order valence-corrected chi connectivity index (χ1v) is 5.50. The van der Waals surface area contributed by atoms with Crippen LogP contribution in [0.1, 0.15) is 18.1 Å². The van der Waals surface area contributed by atoms with Crippen LogP contribution in [-0.2, 0) is 0 Å². The van der Waals surface area contributed by atoms with Crippen molar-refractivity contribution in [1.29, 1.82) is 5.26 Å². The number of hydrogen-bond donors (Lipinski definition) is 1. The van der Waals surface area contributed by atoms with Gasteiger partial charge in [-0.15, -0.1) is 0 Å². The third kappa shape index (κ3) is 3.56. The summed E-state index contributed by atoms with van der Waals surface area (Å²) in [5.41, 5.74) is 2.32. The molecule has 3 heteroatoms. The Bertz CT molecular complexity index is 382. The van der Waals surface area contributed by atoms with Crippen LogP contribution in [0.4, 0.5) is 0 Å². The van der Waals surface area contributed by atoms with Gasteiger partial charge >= 0.3 is 0 Å². The van der Waals surface area contributed by atoms with E-state index in [1.807, 2.05) is 32.9 Å². The minimum absolute atomic E-state index is 0.245. The second-order valence-electron chi connectivity index (χ2n) is 3.82. The molecule has 0 saturated carbocycles. The minimum atomic E-state index is -0.245. The van der Waals surface area contributed by atoms with Crippen molar-refractivity contribution in [2.24, 2.45) is 0 Å². The van der Waals surface area contributed by atoms with Crippen molar-refractivity contribution >= 4 is 0 Å². The Kier molecular flexibility index (Phi) is 4.81. The van der Waals surface area contributed by atoms with Crippen LogP contribution in [0, 0.1) is 25.2 Å². The Labute approximate surface area is 97.0 Å². The lowest BCUT2D eigenvalue weighted by atomic mass is 10.1. The normalized spacial score (nSPS) is 11.9. The number of nitrogens with one attached hydrogen (secondary N) is 1.